The maximum atomic E-state index is 11.9. The molecule has 1 aliphatic carbocycles. The first-order valence-electron chi connectivity index (χ1n) is 6.74. The van der Waals surface area contributed by atoms with Crippen molar-refractivity contribution in [2.45, 2.75) is 26.4 Å². The van der Waals surface area contributed by atoms with Crippen LogP contribution in [0.25, 0.3) is 11.3 Å². The summed E-state index contributed by atoms with van der Waals surface area (Å²) in [6.45, 7) is 2.44. The normalized spacial score (nSPS) is 12.8. The van der Waals surface area contributed by atoms with Crippen molar-refractivity contribution in [1.82, 2.24) is 10.2 Å². The van der Waals surface area contributed by atoms with Gasteiger partial charge in [-0.15, -0.1) is 0 Å². The van der Waals surface area contributed by atoms with Crippen LogP contribution in [0, 0.1) is 0 Å². The zero-order valence-corrected chi connectivity index (χ0v) is 11.3. The van der Waals surface area contributed by atoms with E-state index in [2.05, 4.69) is 16.3 Å². The van der Waals surface area contributed by atoms with E-state index in [1.807, 2.05) is 25.1 Å². The fourth-order valence-corrected chi connectivity index (χ4v) is 2.58. The molecule has 1 aromatic heterocycles. The summed E-state index contributed by atoms with van der Waals surface area (Å²) in [5.41, 5.74) is 4.56. The summed E-state index contributed by atoms with van der Waals surface area (Å²) in [4.78, 5) is 21.9. The van der Waals surface area contributed by atoms with Crippen LogP contribution in [0.3, 0.4) is 0 Å². The number of rotatable bonds is 4. The highest BCUT2D eigenvalue weighted by Gasteiger charge is 2.22. The third kappa shape index (κ3) is 2.26. The van der Waals surface area contributed by atoms with Crippen LogP contribution < -0.4 is 5.56 Å². The number of benzene rings is 1. The fourth-order valence-electron chi connectivity index (χ4n) is 2.58. The molecule has 0 aliphatic heterocycles. The molecule has 1 heterocycles. The molecule has 1 aliphatic rings. The Kier molecular flexibility index (Phi) is 3.62. The van der Waals surface area contributed by atoms with Crippen molar-refractivity contribution >= 4 is 0 Å². The first kappa shape index (κ1) is 13.0. The average Bonchev–Trinajstić information content (AvgIpc) is 2.49. The Morgan fingerprint density at radius 2 is 2.10 bits per heavy atom. The number of nitrogens with zero attached hydrogens (tertiary/aromatic N) is 1. The Labute approximate surface area is 116 Å². The molecule has 1 N–H and O–H groups in total. The lowest BCUT2D eigenvalue weighted by atomic mass is 9.87. The van der Waals surface area contributed by atoms with Gasteiger partial charge in [0.1, 0.15) is 6.61 Å². The van der Waals surface area contributed by atoms with Crippen LogP contribution in [0.5, 0.6) is 0 Å². The minimum atomic E-state index is -0.206. The Morgan fingerprint density at radius 1 is 1.25 bits per heavy atom. The van der Waals surface area contributed by atoms with Crippen LogP contribution in [0.2, 0.25) is 0 Å². The van der Waals surface area contributed by atoms with Gasteiger partial charge in [-0.1, -0.05) is 24.3 Å². The molecule has 0 unspecified atom stereocenters. The second kappa shape index (κ2) is 5.56. The van der Waals surface area contributed by atoms with Crippen LogP contribution >= 0.6 is 0 Å². The van der Waals surface area contributed by atoms with E-state index in [-0.39, 0.29) is 12.2 Å². The molecule has 2 aromatic rings. The Morgan fingerprint density at radius 3 is 2.95 bits per heavy atom. The molecule has 5 nitrogen and oxygen atoms in total. The van der Waals surface area contributed by atoms with E-state index in [0.29, 0.717) is 12.2 Å². The van der Waals surface area contributed by atoms with Crippen LogP contribution in [-0.4, -0.2) is 16.8 Å². The lowest BCUT2D eigenvalue weighted by molar-refractivity contribution is -0.300. The summed E-state index contributed by atoms with van der Waals surface area (Å²) in [6.07, 6.45) is 1.71. The van der Waals surface area contributed by atoms with Crippen LogP contribution in [0.1, 0.15) is 23.6 Å². The van der Waals surface area contributed by atoms with Gasteiger partial charge in [-0.05, 0) is 30.9 Å². The van der Waals surface area contributed by atoms with Gasteiger partial charge >= 0.3 is 0 Å². The smallest absolute Gasteiger partial charge is 0.268 e. The third-order valence-electron chi connectivity index (χ3n) is 3.51. The van der Waals surface area contributed by atoms with Crippen molar-refractivity contribution in [3.05, 3.63) is 51.3 Å². The topological polar surface area (TPSA) is 64.2 Å². The SMILES string of the molecule is CCOOCc1c2c(n[nH]c1=O)-c1ccccc1CC2. The number of aromatic nitrogens is 2. The highest BCUT2D eigenvalue weighted by atomic mass is 17.2. The average molecular weight is 272 g/mol. The first-order chi connectivity index (χ1) is 9.81. The van der Waals surface area contributed by atoms with Crippen molar-refractivity contribution in [2.24, 2.45) is 0 Å². The summed E-state index contributed by atoms with van der Waals surface area (Å²) in [5.74, 6) is 0. The molecule has 3 rings (SSSR count). The number of fused-ring (bicyclic) bond motifs is 3. The predicted molar refractivity (Wildman–Crippen MR) is 74.1 cm³/mol. The van der Waals surface area contributed by atoms with Crippen molar-refractivity contribution in [3.8, 4) is 11.3 Å². The molecule has 104 valence electrons. The van der Waals surface area contributed by atoms with Gasteiger partial charge in [-0.2, -0.15) is 5.10 Å². The number of H-pyrrole nitrogens is 1. The first-order valence-corrected chi connectivity index (χ1v) is 6.74. The summed E-state index contributed by atoms with van der Waals surface area (Å²) >= 11 is 0. The largest absolute Gasteiger partial charge is 0.270 e. The van der Waals surface area contributed by atoms with E-state index in [9.17, 15) is 4.79 Å². The molecular weight excluding hydrogens is 256 g/mol. The van der Waals surface area contributed by atoms with Crippen molar-refractivity contribution in [1.29, 1.82) is 0 Å². The number of hydrogen-bond acceptors (Lipinski definition) is 4. The van der Waals surface area contributed by atoms with Gasteiger partial charge in [0.05, 0.1) is 17.9 Å². The highest BCUT2D eigenvalue weighted by molar-refractivity contribution is 5.69. The minimum absolute atomic E-state index is 0.149. The summed E-state index contributed by atoms with van der Waals surface area (Å²) < 4.78 is 0. The van der Waals surface area contributed by atoms with Gasteiger partial charge in [0.15, 0.2) is 0 Å². The fraction of sp³-hybridized carbons (Fsp3) is 0.333. The lowest BCUT2D eigenvalue weighted by Crippen LogP contribution is -2.22. The zero-order chi connectivity index (χ0) is 13.9. The molecule has 0 radical (unpaired) electrons. The summed E-state index contributed by atoms with van der Waals surface area (Å²) in [7, 11) is 0. The van der Waals surface area contributed by atoms with E-state index in [0.717, 1.165) is 29.7 Å². The monoisotopic (exact) mass is 272 g/mol. The van der Waals surface area contributed by atoms with Crippen molar-refractivity contribution in [3.63, 3.8) is 0 Å². The van der Waals surface area contributed by atoms with Crippen LogP contribution in [0.15, 0.2) is 29.1 Å². The number of aryl methyl sites for hydroxylation is 1. The Balaban J connectivity index is 2.05. The summed E-state index contributed by atoms with van der Waals surface area (Å²) in [6, 6.07) is 8.14. The molecule has 20 heavy (non-hydrogen) atoms. The third-order valence-corrected chi connectivity index (χ3v) is 3.51. The van der Waals surface area contributed by atoms with Gasteiger partial charge in [0.2, 0.25) is 0 Å². The van der Waals surface area contributed by atoms with Crippen molar-refractivity contribution in [2.75, 3.05) is 6.61 Å². The predicted octanol–water partition coefficient (Wildman–Crippen LogP) is 2.00. The second-order valence-electron chi connectivity index (χ2n) is 4.68. The van der Waals surface area contributed by atoms with Gasteiger partial charge in [0.25, 0.3) is 5.56 Å². The molecule has 1 aromatic carbocycles. The molecule has 0 spiro atoms. The van der Waals surface area contributed by atoms with E-state index < -0.39 is 0 Å². The maximum absolute atomic E-state index is 11.9. The molecule has 0 amide bonds. The van der Waals surface area contributed by atoms with Gasteiger partial charge in [-0.25, -0.2) is 14.9 Å². The molecule has 0 bridgehead atoms. The van der Waals surface area contributed by atoms with Crippen LogP contribution in [-0.2, 0) is 29.2 Å². The zero-order valence-electron chi connectivity index (χ0n) is 11.3. The van der Waals surface area contributed by atoms with Crippen molar-refractivity contribution < 1.29 is 9.78 Å². The van der Waals surface area contributed by atoms with E-state index in [4.69, 9.17) is 9.78 Å². The second-order valence-corrected chi connectivity index (χ2v) is 4.68. The highest BCUT2D eigenvalue weighted by Crippen LogP contribution is 2.32. The maximum Gasteiger partial charge on any atom is 0.270 e. The number of hydrogen-bond donors (Lipinski definition) is 1. The molecule has 0 fully saturated rings. The summed E-state index contributed by atoms with van der Waals surface area (Å²) in [5, 5.41) is 6.77. The standard InChI is InChI=1S/C15H16N2O3/c1-2-19-20-9-13-12-8-7-10-5-3-4-6-11(10)14(12)16-17-15(13)18/h3-6H,2,7-9H2,1H3,(H,17,18). The lowest BCUT2D eigenvalue weighted by Gasteiger charge is -2.20. The van der Waals surface area contributed by atoms with E-state index in [1.165, 1.54) is 5.56 Å². The van der Waals surface area contributed by atoms with E-state index in [1.54, 1.807) is 0 Å². The minimum Gasteiger partial charge on any atom is -0.268 e. The Hall–Kier alpha value is -1.98. The quantitative estimate of drug-likeness (QED) is 0.525. The van der Waals surface area contributed by atoms with E-state index >= 15 is 0 Å². The molecule has 0 saturated heterocycles. The molecule has 0 saturated carbocycles. The number of nitrogens with one attached hydrogen (secondary N) is 1. The van der Waals surface area contributed by atoms with Crippen LogP contribution in [0.4, 0.5) is 0 Å². The van der Waals surface area contributed by atoms with Gasteiger partial charge in [-0.3, -0.25) is 4.79 Å². The Bertz CT molecular complexity index is 679. The molecule has 0 atom stereocenters. The molecular formula is C15H16N2O3. The molecule has 5 heteroatoms. The van der Waals surface area contributed by atoms with Gasteiger partial charge in [0, 0.05) is 5.56 Å². The number of aromatic amines is 1. The van der Waals surface area contributed by atoms with Gasteiger partial charge < -0.3 is 0 Å².